The molecule has 0 fully saturated rings. The molecule has 0 aliphatic rings. The summed E-state index contributed by atoms with van der Waals surface area (Å²) in [6.07, 6.45) is 3.38. The Balaban J connectivity index is 2.57. The molecular formula is C15H24N2O2S. The minimum absolute atomic E-state index is 0.0635. The Hall–Kier alpha value is -1.20. The number of urea groups is 1. The minimum Gasteiger partial charge on any atom is -0.396 e. The normalized spacial score (nSPS) is 13.6. The second kappa shape index (κ2) is 8.17. The second-order valence-corrected chi connectivity index (χ2v) is 5.96. The van der Waals surface area contributed by atoms with E-state index in [4.69, 9.17) is 5.11 Å². The van der Waals surface area contributed by atoms with Crippen LogP contribution in [0.5, 0.6) is 0 Å². The molecule has 5 heteroatoms. The fraction of sp³-hybridized carbons (Fsp3) is 0.533. The fourth-order valence-electron chi connectivity index (χ4n) is 1.86. The van der Waals surface area contributed by atoms with Crippen molar-refractivity contribution in [3.05, 3.63) is 29.8 Å². The Bertz CT molecular complexity index is 422. The maximum atomic E-state index is 12.0. The number of rotatable bonds is 7. The number of amides is 2. The molecule has 4 nitrogen and oxygen atoms in total. The van der Waals surface area contributed by atoms with Gasteiger partial charge in [0.15, 0.2) is 0 Å². The Morgan fingerprint density at radius 3 is 2.50 bits per heavy atom. The first kappa shape index (κ1) is 16.9. The highest BCUT2D eigenvalue weighted by atomic mass is 32.2. The van der Waals surface area contributed by atoms with Crippen molar-refractivity contribution in [2.45, 2.75) is 38.0 Å². The van der Waals surface area contributed by atoms with Gasteiger partial charge in [-0.1, -0.05) is 19.1 Å². The minimum atomic E-state index is -0.377. The second-order valence-electron chi connectivity index (χ2n) is 5.10. The molecule has 0 aliphatic heterocycles. The van der Waals surface area contributed by atoms with E-state index in [-0.39, 0.29) is 18.2 Å². The molecule has 1 aromatic rings. The average molecular weight is 296 g/mol. The summed E-state index contributed by atoms with van der Waals surface area (Å²) in [7, 11) is 0. The lowest BCUT2D eigenvalue weighted by Gasteiger charge is -2.29. The molecule has 3 N–H and O–H groups in total. The molecule has 1 atom stereocenters. The lowest BCUT2D eigenvalue weighted by atomic mass is 9.95. The van der Waals surface area contributed by atoms with Gasteiger partial charge in [-0.2, -0.15) is 11.8 Å². The zero-order valence-electron chi connectivity index (χ0n) is 12.4. The average Bonchev–Trinajstić information content (AvgIpc) is 2.41. The van der Waals surface area contributed by atoms with Gasteiger partial charge in [-0.15, -0.1) is 0 Å². The van der Waals surface area contributed by atoms with Crippen molar-refractivity contribution in [1.29, 1.82) is 0 Å². The number of hydrogen-bond acceptors (Lipinski definition) is 3. The molecule has 0 spiro atoms. The molecular weight excluding hydrogens is 272 g/mol. The van der Waals surface area contributed by atoms with Gasteiger partial charge in [0.1, 0.15) is 0 Å². The van der Waals surface area contributed by atoms with Crippen LogP contribution in [0, 0.1) is 0 Å². The number of aliphatic hydroxyl groups excluding tert-OH is 1. The van der Waals surface area contributed by atoms with Crippen LogP contribution in [-0.4, -0.2) is 29.5 Å². The molecule has 0 bridgehead atoms. The zero-order chi connectivity index (χ0) is 15.0. The molecule has 0 radical (unpaired) electrons. The molecule has 0 saturated heterocycles. The van der Waals surface area contributed by atoms with Gasteiger partial charge in [0, 0.05) is 23.6 Å². The third-order valence-electron chi connectivity index (χ3n) is 3.38. The Morgan fingerprint density at radius 1 is 1.35 bits per heavy atom. The van der Waals surface area contributed by atoms with Crippen LogP contribution in [0.3, 0.4) is 0 Å². The van der Waals surface area contributed by atoms with E-state index in [2.05, 4.69) is 16.9 Å². The molecule has 112 valence electrons. The Labute approximate surface area is 125 Å². The van der Waals surface area contributed by atoms with Gasteiger partial charge >= 0.3 is 6.03 Å². The predicted molar refractivity (Wildman–Crippen MR) is 86.2 cm³/mol. The van der Waals surface area contributed by atoms with Crippen molar-refractivity contribution in [2.75, 3.05) is 18.2 Å². The molecule has 0 heterocycles. The molecule has 1 rings (SSSR count). The van der Waals surface area contributed by atoms with Gasteiger partial charge in [0.05, 0.1) is 0 Å². The fourth-order valence-corrected chi connectivity index (χ4v) is 2.39. The summed E-state index contributed by atoms with van der Waals surface area (Å²) in [6, 6.07) is 7.60. The molecule has 0 aromatic heterocycles. The monoisotopic (exact) mass is 296 g/mol. The summed E-state index contributed by atoms with van der Waals surface area (Å²) in [5, 5.41) is 14.8. The smallest absolute Gasteiger partial charge is 0.319 e. The van der Waals surface area contributed by atoms with E-state index >= 15 is 0 Å². The van der Waals surface area contributed by atoms with Crippen molar-refractivity contribution in [3.8, 4) is 0 Å². The van der Waals surface area contributed by atoms with Crippen LogP contribution in [0.1, 0.15) is 32.3 Å². The van der Waals surface area contributed by atoms with E-state index in [1.165, 1.54) is 5.56 Å². The van der Waals surface area contributed by atoms with Gasteiger partial charge in [-0.25, -0.2) is 4.79 Å². The van der Waals surface area contributed by atoms with Crippen molar-refractivity contribution in [1.82, 2.24) is 5.32 Å². The highest BCUT2D eigenvalue weighted by Crippen LogP contribution is 2.16. The van der Waals surface area contributed by atoms with Crippen LogP contribution in [0.4, 0.5) is 10.5 Å². The molecule has 1 aromatic carbocycles. The topological polar surface area (TPSA) is 61.4 Å². The number of nitrogens with one attached hydrogen (secondary N) is 2. The van der Waals surface area contributed by atoms with Crippen molar-refractivity contribution < 1.29 is 9.90 Å². The standard InChI is InChI=1S/C15H24N2O2S/c1-4-15(2,9-10-18)17-14(19)16-13-7-5-12(6-8-13)11-20-3/h5-8,18H,4,9-11H2,1-3H3,(H2,16,17,19). The van der Waals surface area contributed by atoms with Gasteiger partial charge in [-0.3, -0.25) is 0 Å². The van der Waals surface area contributed by atoms with Crippen LogP contribution in [-0.2, 0) is 5.75 Å². The number of carbonyl (C=O) groups excluding carboxylic acids is 1. The van der Waals surface area contributed by atoms with Crippen LogP contribution < -0.4 is 10.6 Å². The van der Waals surface area contributed by atoms with E-state index in [0.717, 1.165) is 17.9 Å². The summed E-state index contributed by atoms with van der Waals surface area (Å²) in [5.74, 6) is 0.969. The molecule has 1 unspecified atom stereocenters. The third kappa shape index (κ3) is 5.43. The summed E-state index contributed by atoms with van der Waals surface area (Å²) in [4.78, 5) is 12.0. The SMILES string of the molecule is CCC(C)(CCO)NC(=O)Nc1ccc(CSC)cc1. The summed E-state index contributed by atoms with van der Waals surface area (Å²) >= 11 is 1.77. The number of anilines is 1. The lowest BCUT2D eigenvalue weighted by molar-refractivity contribution is 0.208. The van der Waals surface area contributed by atoms with Crippen molar-refractivity contribution >= 4 is 23.5 Å². The maximum Gasteiger partial charge on any atom is 0.319 e. The van der Waals surface area contributed by atoms with Gasteiger partial charge in [0.25, 0.3) is 0 Å². The van der Waals surface area contributed by atoms with Gasteiger partial charge in [0.2, 0.25) is 0 Å². The van der Waals surface area contributed by atoms with Crippen LogP contribution in [0.2, 0.25) is 0 Å². The van der Waals surface area contributed by atoms with E-state index < -0.39 is 0 Å². The first-order valence-corrected chi connectivity index (χ1v) is 8.20. The largest absolute Gasteiger partial charge is 0.396 e. The predicted octanol–water partition coefficient (Wildman–Crippen LogP) is 3.22. The van der Waals surface area contributed by atoms with Crippen LogP contribution in [0.15, 0.2) is 24.3 Å². The highest BCUT2D eigenvalue weighted by Gasteiger charge is 2.23. The van der Waals surface area contributed by atoms with Crippen molar-refractivity contribution in [3.63, 3.8) is 0 Å². The number of hydrogen-bond donors (Lipinski definition) is 3. The van der Waals surface area contributed by atoms with Gasteiger partial charge < -0.3 is 15.7 Å². The number of benzene rings is 1. The molecule has 20 heavy (non-hydrogen) atoms. The number of aliphatic hydroxyl groups is 1. The van der Waals surface area contributed by atoms with Crippen LogP contribution in [0.25, 0.3) is 0 Å². The van der Waals surface area contributed by atoms with Gasteiger partial charge in [-0.05, 0) is 43.7 Å². The van der Waals surface area contributed by atoms with Crippen LogP contribution >= 0.6 is 11.8 Å². The van der Waals surface area contributed by atoms with E-state index in [9.17, 15) is 4.79 Å². The lowest BCUT2D eigenvalue weighted by Crippen LogP contribution is -2.48. The summed E-state index contributed by atoms with van der Waals surface area (Å²) in [5.41, 5.74) is 1.63. The first-order valence-electron chi connectivity index (χ1n) is 6.81. The van der Waals surface area contributed by atoms with E-state index in [1.54, 1.807) is 11.8 Å². The Kier molecular flexibility index (Phi) is 6.88. The third-order valence-corrected chi connectivity index (χ3v) is 4.00. The zero-order valence-corrected chi connectivity index (χ0v) is 13.2. The number of thioether (sulfide) groups is 1. The summed E-state index contributed by atoms with van der Waals surface area (Å²) in [6.45, 7) is 3.99. The highest BCUT2D eigenvalue weighted by molar-refractivity contribution is 7.97. The first-order chi connectivity index (χ1) is 9.53. The summed E-state index contributed by atoms with van der Waals surface area (Å²) < 4.78 is 0. The van der Waals surface area contributed by atoms with E-state index in [1.807, 2.05) is 38.1 Å². The quantitative estimate of drug-likeness (QED) is 0.724. The van der Waals surface area contributed by atoms with Crippen molar-refractivity contribution in [2.24, 2.45) is 0 Å². The van der Waals surface area contributed by atoms with E-state index in [0.29, 0.717) is 6.42 Å². The number of carbonyl (C=O) groups is 1. The molecule has 0 saturated carbocycles. The Morgan fingerprint density at radius 2 is 2.00 bits per heavy atom. The molecule has 0 aliphatic carbocycles. The maximum absolute atomic E-state index is 12.0. The molecule has 2 amide bonds.